The molecule has 1 N–H and O–H groups in total. The van der Waals surface area contributed by atoms with Crippen LogP contribution in [0.1, 0.15) is 20.8 Å². The highest BCUT2D eigenvalue weighted by molar-refractivity contribution is 5.62. The summed E-state index contributed by atoms with van der Waals surface area (Å²) in [6.07, 6.45) is 0. The van der Waals surface area contributed by atoms with Crippen LogP contribution in [-0.4, -0.2) is 11.0 Å². The number of rotatable bonds is 4. The lowest BCUT2D eigenvalue weighted by atomic mass is 10.1. The molecular formula is C11H14F2N2O2. The van der Waals surface area contributed by atoms with Crippen LogP contribution in [0, 0.1) is 27.7 Å². The quantitative estimate of drug-likeness (QED) is 0.652. The van der Waals surface area contributed by atoms with Crippen molar-refractivity contribution in [2.45, 2.75) is 26.8 Å². The number of nitro benzene ring substituents is 1. The fraction of sp³-hybridized carbons (Fsp3) is 0.455. The normalized spacial score (nSPS) is 12.6. The zero-order chi connectivity index (χ0) is 13.2. The fourth-order valence-corrected chi connectivity index (χ4v) is 1.27. The summed E-state index contributed by atoms with van der Waals surface area (Å²) in [5.41, 5.74) is -0.854. The number of nitro groups is 1. The monoisotopic (exact) mass is 244 g/mol. The van der Waals surface area contributed by atoms with E-state index in [-0.39, 0.29) is 17.6 Å². The van der Waals surface area contributed by atoms with Crippen molar-refractivity contribution >= 4 is 11.4 Å². The van der Waals surface area contributed by atoms with Crippen molar-refractivity contribution in [3.63, 3.8) is 0 Å². The number of nitrogens with zero attached hydrogens (tertiary/aromatic N) is 1. The first-order valence-corrected chi connectivity index (χ1v) is 5.23. The summed E-state index contributed by atoms with van der Waals surface area (Å²) in [6.45, 7) is 5.59. The fourth-order valence-electron chi connectivity index (χ4n) is 1.27. The largest absolute Gasteiger partial charge is 0.377 e. The molecular weight excluding hydrogens is 230 g/mol. The molecule has 0 saturated carbocycles. The molecule has 6 heteroatoms. The van der Waals surface area contributed by atoms with E-state index in [1.165, 1.54) is 0 Å². The summed E-state index contributed by atoms with van der Waals surface area (Å²) < 4.78 is 26.3. The van der Waals surface area contributed by atoms with Crippen LogP contribution in [-0.2, 0) is 0 Å². The lowest BCUT2D eigenvalue weighted by Crippen LogP contribution is -2.22. The second kappa shape index (κ2) is 5.07. The van der Waals surface area contributed by atoms with Gasteiger partial charge in [-0.3, -0.25) is 10.1 Å². The Morgan fingerprint density at radius 1 is 1.29 bits per heavy atom. The van der Waals surface area contributed by atoms with Crippen LogP contribution in [0.25, 0.3) is 0 Å². The van der Waals surface area contributed by atoms with Crippen LogP contribution in [0.4, 0.5) is 20.2 Å². The smallest absolute Gasteiger partial charge is 0.327 e. The highest BCUT2D eigenvalue weighted by atomic mass is 19.1. The summed E-state index contributed by atoms with van der Waals surface area (Å²) in [5.74, 6) is -1.83. The third-order valence-corrected chi connectivity index (χ3v) is 2.59. The molecule has 0 spiro atoms. The van der Waals surface area contributed by atoms with Gasteiger partial charge in [0.2, 0.25) is 5.82 Å². The molecule has 1 atom stereocenters. The van der Waals surface area contributed by atoms with Gasteiger partial charge in [-0.25, -0.2) is 4.39 Å². The Morgan fingerprint density at radius 2 is 1.88 bits per heavy atom. The summed E-state index contributed by atoms with van der Waals surface area (Å²) >= 11 is 0. The van der Waals surface area contributed by atoms with E-state index in [0.717, 1.165) is 6.07 Å². The van der Waals surface area contributed by atoms with Crippen LogP contribution in [0.15, 0.2) is 12.1 Å². The molecule has 0 aromatic heterocycles. The van der Waals surface area contributed by atoms with Crippen molar-refractivity contribution < 1.29 is 13.7 Å². The molecule has 1 aromatic carbocycles. The van der Waals surface area contributed by atoms with E-state index in [1.54, 1.807) is 6.92 Å². The van der Waals surface area contributed by atoms with Crippen molar-refractivity contribution in [2.75, 3.05) is 5.32 Å². The maximum atomic E-state index is 13.3. The van der Waals surface area contributed by atoms with E-state index in [9.17, 15) is 18.9 Å². The lowest BCUT2D eigenvalue weighted by molar-refractivity contribution is -0.386. The molecule has 0 radical (unpaired) electrons. The summed E-state index contributed by atoms with van der Waals surface area (Å²) in [5, 5.41) is 13.5. The van der Waals surface area contributed by atoms with Crippen molar-refractivity contribution in [3.05, 3.63) is 33.9 Å². The summed E-state index contributed by atoms with van der Waals surface area (Å²) in [7, 11) is 0. The molecule has 0 fully saturated rings. The molecule has 4 nitrogen and oxygen atoms in total. The molecule has 0 amide bonds. The average Bonchev–Trinajstić information content (AvgIpc) is 2.14. The third kappa shape index (κ3) is 3.12. The minimum Gasteiger partial charge on any atom is -0.377 e. The van der Waals surface area contributed by atoms with Crippen molar-refractivity contribution in [3.8, 4) is 0 Å². The first-order valence-electron chi connectivity index (χ1n) is 5.23. The van der Waals surface area contributed by atoms with Crippen molar-refractivity contribution in [1.82, 2.24) is 0 Å². The molecule has 0 aliphatic heterocycles. The average molecular weight is 244 g/mol. The van der Waals surface area contributed by atoms with Crippen LogP contribution < -0.4 is 5.32 Å². The van der Waals surface area contributed by atoms with Gasteiger partial charge in [0.15, 0.2) is 0 Å². The van der Waals surface area contributed by atoms with Gasteiger partial charge in [-0.05, 0) is 12.8 Å². The van der Waals surface area contributed by atoms with E-state index < -0.39 is 22.2 Å². The zero-order valence-electron chi connectivity index (χ0n) is 9.83. The molecule has 1 unspecified atom stereocenters. The van der Waals surface area contributed by atoms with E-state index >= 15 is 0 Å². The van der Waals surface area contributed by atoms with E-state index in [0.29, 0.717) is 6.07 Å². The Labute approximate surface area is 97.8 Å². The van der Waals surface area contributed by atoms with Gasteiger partial charge in [-0.2, -0.15) is 4.39 Å². The highest BCUT2D eigenvalue weighted by Gasteiger charge is 2.23. The predicted octanol–water partition coefficient (Wildman–Crippen LogP) is 3.33. The number of halogens is 2. The number of hydrogen-bond acceptors (Lipinski definition) is 3. The number of hydrogen-bond donors (Lipinski definition) is 1. The van der Waals surface area contributed by atoms with E-state index in [2.05, 4.69) is 5.32 Å². The minimum atomic E-state index is -1.17. The van der Waals surface area contributed by atoms with Gasteiger partial charge in [0.05, 0.1) is 4.92 Å². The summed E-state index contributed by atoms with van der Waals surface area (Å²) in [4.78, 5) is 9.85. The van der Waals surface area contributed by atoms with Crippen LogP contribution in [0.2, 0.25) is 0 Å². The van der Waals surface area contributed by atoms with Gasteiger partial charge in [0, 0.05) is 18.2 Å². The third-order valence-electron chi connectivity index (χ3n) is 2.59. The molecule has 94 valence electrons. The van der Waals surface area contributed by atoms with Gasteiger partial charge in [-0.15, -0.1) is 0 Å². The first kappa shape index (κ1) is 13.3. The zero-order valence-corrected chi connectivity index (χ0v) is 9.83. The van der Waals surface area contributed by atoms with Gasteiger partial charge in [0.25, 0.3) is 0 Å². The molecule has 0 aliphatic rings. The summed E-state index contributed by atoms with van der Waals surface area (Å²) in [6, 6.07) is 1.30. The van der Waals surface area contributed by atoms with Crippen LogP contribution >= 0.6 is 0 Å². The molecule has 0 bridgehead atoms. The van der Waals surface area contributed by atoms with Gasteiger partial charge < -0.3 is 5.32 Å². The van der Waals surface area contributed by atoms with Gasteiger partial charge in [0.1, 0.15) is 11.5 Å². The number of nitrogens with one attached hydrogen (secondary N) is 1. The Bertz CT molecular complexity index is 436. The number of anilines is 1. The molecule has 0 aliphatic carbocycles. The standard InChI is InChI=1S/C11H14F2N2O2/c1-6(2)7(3)14-10-5-8(12)4-9(13)11(10)15(16)17/h4-7,14H,1-3H3. The SMILES string of the molecule is CC(C)C(C)Nc1cc(F)cc(F)c1[N+](=O)[O-]. The molecule has 0 saturated heterocycles. The maximum Gasteiger partial charge on any atom is 0.327 e. The Kier molecular flexibility index (Phi) is 3.98. The number of benzene rings is 1. The predicted molar refractivity (Wildman–Crippen MR) is 60.9 cm³/mol. The Balaban J connectivity index is 3.17. The highest BCUT2D eigenvalue weighted by Crippen LogP contribution is 2.29. The van der Waals surface area contributed by atoms with Crippen LogP contribution in [0.5, 0.6) is 0 Å². The van der Waals surface area contributed by atoms with Crippen LogP contribution in [0.3, 0.4) is 0 Å². The second-order valence-corrected chi connectivity index (χ2v) is 4.22. The molecule has 17 heavy (non-hydrogen) atoms. The Hall–Kier alpha value is -1.72. The van der Waals surface area contributed by atoms with Gasteiger partial charge in [-0.1, -0.05) is 13.8 Å². The topological polar surface area (TPSA) is 55.2 Å². The molecule has 1 aromatic rings. The van der Waals surface area contributed by atoms with E-state index in [1.807, 2.05) is 13.8 Å². The Morgan fingerprint density at radius 3 is 2.35 bits per heavy atom. The lowest BCUT2D eigenvalue weighted by Gasteiger charge is -2.18. The first-order chi connectivity index (χ1) is 7.82. The molecule has 1 rings (SSSR count). The second-order valence-electron chi connectivity index (χ2n) is 4.22. The van der Waals surface area contributed by atoms with Crippen molar-refractivity contribution in [1.29, 1.82) is 0 Å². The molecule has 0 heterocycles. The maximum absolute atomic E-state index is 13.3. The van der Waals surface area contributed by atoms with Crippen molar-refractivity contribution in [2.24, 2.45) is 5.92 Å². The van der Waals surface area contributed by atoms with E-state index in [4.69, 9.17) is 0 Å². The minimum absolute atomic E-state index is 0.130. The van der Waals surface area contributed by atoms with Gasteiger partial charge >= 0.3 is 5.69 Å².